The minimum atomic E-state index is 0.922. The van der Waals surface area contributed by atoms with Gasteiger partial charge in [0, 0.05) is 67.9 Å². The highest BCUT2D eigenvalue weighted by Crippen LogP contribution is 2.43. The first-order valence-corrected chi connectivity index (χ1v) is 17.2. The van der Waals surface area contributed by atoms with Crippen LogP contribution in [0.15, 0.2) is 188 Å². The van der Waals surface area contributed by atoms with Gasteiger partial charge in [0.1, 0.15) is 5.65 Å². The fraction of sp³-hybridized carbons (Fsp3) is 0. The highest BCUT2D eigenvalue weighted by Gasteiger charge is 2.22. The zero-order chi connectivity index (χ0) is 33.7. The Bertz CT molecular complexity index is 2850. The summed E-state index contributed by atoms with van der Waals surface area (Å²) in [6.07, 6.45) is 3.73. The molecule has 5 heteroatoms. The second-order valence-electron chi connectivity index (χ2n) is 12.7. The topological polar surface area (TPSA) is 38.9 Å². The van der Waals surface area contributed by atoms with Crippen LogP contribution in [0.25, 0.3) is 66.4 Å². The molecule has 0 bridgehead atoms. The summed E-state index contributed by atoms with van der Waals surface area (Å²) in [6.45, 7) is 0. The van der Waals surface area contributed by atoms with Gasteiger partial charge < -0.3 is 9.47 Å². The summed E-state index contributed by atoms with van der Waals surface area (Å²) in [5.74, 6) is 0. The number of hydrogen-bond donors (Lipinski definition) is 0. The van der Waals surface area contributed by atoms with E-state index in [2.05, 4.69) is 177 Å². The molecule has 0 amide bonds. The molecule has 0 atom stereocenters. The van der Waals surface area contributed by atoms with Gasteiger partial charge in [-0.3, -0.25) is 9.55 Å². The zero-order valence-corrected chi connectivity index (χ0v) is 27.6. The highest BCUT2D eigenvalue weighted by molar-refractivity contribution is 6.25. The number of nitrogens with zero attached hydrogens (tertiary/aromatic N) is 5. The second-order valence-corrected chi connectivity index (χ2v) is 12.7. The molecule has 0 N–H and O–H groups in total. The van der Waals surface area contributed by atoms with Gasteiger partial charge in [0.25, 0.3) is 0 Å². The zero-order valence-electron chi connectivity index (χ0n) is 27.6. The van der Waals surface area contributed by atoms with Crippen molar-refractivity contribution in [3.05, 3.63) is 188 Å². The summed E-state index contributed by atoms with van der Waals surface area (Å²) in [7, 11) is 0. The lowest BCUT2D eigenvalue weighted by atomic mass is 10.1. The molecular weight excluding hydrogens is 623 g/mol. The number of anilines is 3. The van der Waals surface area contributed by atoms with Crippen molar-refractivity contribution in [2.24, 2.45) is 0 Å². The smallest absolute Gasteiger partial charge is 0.145 e. The molecule has 10 aromatic rings. The number of fused-ring (bicyclic) bond motifs is 7. The van der Waals surface area contributed by atoms with Crippen LogP contribution in [0.5, 0.6) is 0 Å². The van der Waals surface area contributed by atoms with Crippen LogP contribution < -0.4 is 4.90 Å². The van der Waals surface area contributed by atoms with E-state index in [0.29, 0.717) is 0 Å². The molecule has 0 aliphatic heterocycles. The molecule has 0 saturated heterocycles. The third-order valence-electron chi connectivity index (χ3n) is 9.76. The number of para-hydroxylation sites is 3. The van der Waals surface area contributed by atoms with Crippen LogP contribution >= 0.6 is 0 Å². The maximum Gasteiger partial charge on any atom is 0.145 e. The molecule has 0 spiro atoms. The fourth-order valence-corrected chi connectivity index (χ4v) is 7.62. The lowest BCUT2D eigenvalue weighted by Crippen LogP contribution is -2.10. The maximum atomic E-state index is 5.03. The minimum absolute atomic E-state index is 0.922. The molecule has 0 aliphatic carbocycles. The van der Waals surface area contributed by atoms with Crippen LogP contribution in [-0.4, -0.2) is 19.1 Å². The Morgan fingerprint density at radius 3 is 1.94 bits per heavy atom. The van der Waals surface area contributed by atoms with Crippen LogP contribution in [0.1, 0.15) is 0 Å². The molecule has 0 unspecified atom stereocenters. The van der Waals surface area contributed by atoms with Gasteiger partial charge in [-0.05, 0) is 91.0 Å². The van der Waals surface area contributed by atoms with Crippen molar-refractivity contribution < 1.29 is 0 Å². The van der Waals surface area contributed by atoms with Crippen LogP contribution in [0.3, 0.4) is 0 Å². The number of pyridine rings is 2. The van der Waals surface area contributed by atoms with Gasteiger partial charge in [0.2, 0.25) is 0 Å². The maximum absolute atomic E-state index is 5.03. The summed E-state index contributed by atoms with van der Waals surface area (Å²) >= 11 is 0. The van der Waals surface area contributed by atoms with Gasteiger partial charge >= 0.3 is 0 Å². The Morgan fingerprint density at radius 2 is 1.10 bits per heavy atom. The first-order chi connectivity index (χ1) is 25.3. The molecule has 6 aromatic carbocycles. The van der Waals surface area contributed by atoms with Crippen molar-refractivity contribution in [3.63, 3.8) is 0 Å². The Balaban J connectivity index is 1.22. The van der Waals surface area contributed by atoms with E-state index in [9.17, 15) is 0 Å². The van der Waals surface area contributed by atoms with Crippen molar-refractivity contribution >= 4 is 60.8 Å². The third kappa shape index (κ3) is 4.71. The Labute approximate surface area is 294 Å². The van der Waals surface area contributed by atoms with E-state index in [1.807, 2.05) is 30.6 Å². The number of hydrogen-bond acceptors (Lipinski definition) is 3. The number of aromatic nitrogens is 4. The first kappa shape index (κ1) is 29.0. The quantitative estimate of drug-likeness (QED) is 0.179. The SMILES string of the molecule is c1ccc(N(c2cccc(-c3ccccn3)c2)c2cccc(-n3c4ccc5c6ccccc6n(-c6ccccc6)c5c4c4cccnc43)c2)cc1. The summed E-state index contributed by atoms with van der Waals surface area (Å²) < 4.78 is 4.72. The van der Waals surface area contributed by atoms with Gasteiger partial charge in [-0.15, -0.1) is 0 Å². The lowest BCUT2D eigenvalue weighted by Gasteiger charge is -2.26. The molecule has 0 saturated carbocycles. The molecule has 10 rings (SSSR count). The van der Waals surface area contributed by atoms with E-state index in [1.54, 1.807) is 0 Å². The molecule has 0 aliphatic rings. The van der Waals surface area contributed by atoms with Crippen molar-refractivity contribution in [2.45, 2.75) is 0 Å². The molecule has 5 nitrogen and oxygen atoms in total. The van der Waals surface area contributed by atoms with E-state index < -0.39 is 0 Å². The van der Waals surface area contributed by atoms with Crippen LogP contribution in [0, 0.1) is 0 Å². The predicted octanol–water partition coefficient (Wildman–Crippen LogP) is 11.8. The van der Waals surface area contributed by atoms with E-state index in [0.717, 1.165) is 56.2 Å². The molecule has 0 fully saturated rings. The van der Waals surface area contributed by atoms with Gasteiger partial charge in [0.05, 0.1) is 22.2 Å². The molecule has 4 aromatic heterocycles. The Hall–Kier alpha value is -6.98. The highest BCUT2D eigenvalue weighted by atomic mass is 15.1. The van der Waals surface area contributed by atoms with Crippen molar-refractivity contribution in [3.8, 4) is 22.6 Å². The van der Waals surface area contributed by atoms with E-state index >= 15 is 0 Å². The van der Waals surface area contributed by atoms with Gasteiger partial charge in [-0.1, -0.05) is 84.9 Å². The average molecular weight is 654 g/mol. The molecular formula is C46H31N5. The lowest BCUT2D eigenvalue weighted by molar-refractivity contribution is 1.13. The number of benzene rings is 6. The monoisotopic (exact) mass is 653 g/mol. The van der Waals surface area contributed by atoms with Crippen LogP contribution in [-0.2, 0) is 0 Å². The van der Waals surface area contributed by atoms with E-state index in [4.69, 9.17) is 4.98 Å². The molecule has 51 heavy (non-hydrogen) atoms. The summed E-state index contributed by atoms with van der Waals surface area (Å²) in [5, 5.41) is 4.76. The summed E-state index contributed by atoms with van der Waals surface area (Å²) in [5.41, 5.74) is 11.7. The van der Waals surface area contributed by atoms with Gasteiger partial charge in [-0.25, -0.2) is 4.98 Å². The standard InChI is InChI=1S/C46H31N5/c1-3-15-33(16-4-1)49(35-19-11-14-32(30-35)41-24-9-10-28-47-41)36-20-12-21-37(31-36)51-43-27-26-39-38-22-7-8-25-42(38)50(34-17-5-2-6-18-34)45(39)44(43)40-23-13-29-48-46(40)51/h1-31H. The molecule has 0 radical (unpaired) electrons. The Kier molecular flexibility index (Phi) is 6.74. The predicted molar refractivity (Wildman–Crippen MR) is 211 cm³/mol. The summed E-state index contributed by atoms with van der Waals surface area (Å²) in [4.78, 5) is 12.0. The summed E-state index contributed by atoms with van der Waals surface area (Å²) in [6, 6.07) is 62.1. The molecule has 240 valence electrons. The Morgan fingerprint density at radius 1 is 0.412 bits per heavy atom. The minimum Gasteiger partial charge on any atom is -0.310 e. The van der Waals surface area contributed by atoms with E-state index in [-0.39, 0.29) is 0 Å². The van der Waals surface area contributed by atoms with Crippen molar-refractivity contribution in [1.82, 2.24) is 19.1 Å². The van der Waals surface area contributed by atoms with Crippen molar-refractivity contribution in [1.29, 1.82) is 0 Å². The van der Waals surface area contributed by atoms with Crippen LogP contribution in [0.4, 0.5) is 17.1 Å². The molecule has 4 heterocycles. The van der Waals surface area contributed by atoms with Crippen LogP contribution in [0.2, 0.25) is 0 Å². The normalized spacial score (nSPS) is 11.5. The average Bonchev–Trinajstić information content (AvgIpc) is 3.72. The third-order valence-corrected chi connectivity index (χ3v) is 9.76. The van der Waals surface area contributed by atoms with Gasteiger partial charge in [0.15, 0.2) is 0 Å². The van der Waals surface area contributed by atoms with Crippen molar-refractivity contribution in [2.75, 3.05) is 4.90 Å². The largest absolute Gasteiger partial charge is 0.310 e. The van der Waals surface area contributed by atoms with E-state index in [1.165, 1.54) is 27.2 Å². The van der Waals surface area contributed by atoms with Gasteiger partial charge in [-0.2, -0.15) is 0 Å². The fourth-order valence-electron chi connectivity index (χ4n) is 7.62. The first-order valence-electron chi connectivity index (χ1n) is 17.2. The number of rotatable bonds is 6. The second kappa shape index (κ2) is 11.9.